The number of hydrogen-bond acceptors (Lipinski definition) is 4. The van der Waals surface area contributed by atoms with Crippen molar-refractivity contribution in [1.82, 2.24) is 10.5 Å². The Morgan fingerprint density at radius 3 is 2.77 bits per heavy atom. The summed E-state index contributed by atoms with van der Waals surface area (Å²) in [6.07, 6.45) is -0.0835. The van der Waals surface area contributed by atoms with E-state index in [1.54, 1.807) is 6.92 Å². The first-order valence-electron chi connectivity index (χ1n) is 7.26. The molecule has 118 valence electrons. The molecule has 2 rings (SSSR count). The van der Waals surface area contributed by atoms with Crippen LogP contribution in [0.4, 0.5) is 10.5 Å². The van der Waals surface area contributed by atoms with Gasteiger partial charge in [-0.2, -0.15) is 0 Å². The predicted octanol–water partition coefficient (Wildman–Crippen LogP) is 2.71. The summed E-state index contributed by atoms with van der Waals surface area (Å²) in [5, 5.41) is 19.4. The van der Waals surface area contributed by atoms with E-state index in [1.165, 1.54) is 0 Å². The number of carbonyl (C=O) groups is 1. The van der Waals surface area contributed by atoms with Gasteiger partial charge in [-0.25, -0.2) is 4.79 Å². The Morgan fingerprint density at radius 2 is 2.09 bits per heavy atom. The van der Waals surface area contributed by atoms with Gasteiger partial charge in [0.05, 0.1) is 6.10 Å². The van der Waals surface area contributed by atoms with E-state index in [9.17, 15) is 9.90 Å². The molecule has 0 saturated carbocycles. The fourth-order valence-corrected chi connectivity index (χ4v) is 2.24. The predicted molar refractivity (Wildman–Crippen MR) is 83.8 cm³/mol. The Hall–Kier alpha value is -2.34. The second-order valence-corrected chi connectivity index (χ2v) is 5.12. The highest BCUT2D eigenvalue weighted by Gasteiger charge is 2.15. The van der Waals surface area contributed by atoms with Crippen LogP contribution in [-0.4, -0.2) is 22.8 Å². The van der Waals surface area contributed by atoms with Crippen molar-refractivity contribution in [3.05, 3.63) is 46.8 Å². The standard InChI is InChI=1S/C16H21N3O3/c1-4-13-15(11(3)22-19-13)18-16(21)17-9-14(20)12-8-6-5-7-10(12)2/h5-8,14,20H,4,9H2,1-3H3,(H2,17,18,21). The van der Waals surface area contributed by atoms with Crippen molar-refractivity contribution >= 4 is 11.7 Å². The van der Waals surface area contributed by atoms with Crippen LogP contribution in [0.1, 0.15) is 35.6 Å². The molecule has 1 aromatic heterocycles. The smallest absolute Gasteiger partial charge is 0.319 e. The second kappa shape index (κ2) is 7.09. The molecule has 1 unspecified atom stereocenters. The molecule has 3 N–H and O–H groups in total. The van der Waals surface area contributed by atoms with E-state index >= 15 is 0 Å². The number of hydrogen-bond donors (Lipinski definition) is 3. The molecule has 0 spiro atoms. The summed E-state index contributed by atoms with van der Waals surface area (Å²) in [5.41, 5.74) is 3.08. The lowest BCUT2D eigenvalue weighted by Gasteiger charge is -2.15. The Morgan fingerprint density at radius 1 is 1.36 bits per heavy atom. The number of carbonyl (C=O) groups excluding carboxylic acids is 1. The third-order valence-corrected chi connectivity index (χ3v) is 3.51. The highest BCUT2D eigenvalue weighted by Crippen LogP contribution is 2.20. The van der Waals surface area contributed by atoms with Crippen molar-refractivity contribution in [2.24, 2.45) is 0 Å². The number of amides is 2. The summed E-state index contributed by atoms with van der Waals surface area (Å²) in [6.45, 7) is 5.72. The van der Waals surface area contributed by atoms with Gasteiger partial charge >= 0.3 is 6.03 Å². The van der Waals surface area contributed by atoms with Gasteiger partial charge in [-0.15, -0.1) is 0 Å². The fourth-order valence-electron chi connectivity index (χ4n) is 2.24. The Bertz CT molecular complexity index is 652. The Kier molecular flexibility index (Phi) is 5.16. The maximum atomic E-state index is 11.9. The number of anilines is 1. The van der Waals surface area contributed by atoms with Gasteiger partial charge in [0.15, 0.2) is 5.76 Å². The van der Waals surface area contributed by atoms with E-state index in [2.05, 4.69) is 15.8 Å². The number of aryl methyl sites for hydroxylation is 3. The summed E-state index contributed by atoms with van der Waals surface area (Å²) in [7, 11) is 0. The number of aliphatic hydroxyl groups excluding tert-OH is 1. The summed E-state index contributed by atoms with van der Waals surface area (Å²) >= 11 is 0. The Balaban J connectivity index is 1.93. The molecule has 0 saturated heterocycles. The number of benzene rings is 1. The van der Waals surface area contributed by atoms with Crippen LogP contribution in [0.5, 0.6) is 0 Å². The number of aliphatic hydroxyl groups is 1. The number of aromatic nitrogens is 1. The zero-order valence-electron chi connectivity index (χ0n) is 13.0. The number of nitrogens with zero attached hydrogens (tertiary/aromatic N) is 1. The van der Waals surface area contributed by atoms with E-state index < -0.39 is 12.1 Å². The molecule has 22 heavy (non-hydrogen) atoms. The van der Waals surface area contributed by atoms with Crippen molar-refractivity contribution in [3.63, 3.8) is 0 Å². The molecule has 0 radical (unpaired) electrons. The van der Waals surface area contributed by atoms with Gasteiger partial charge in [0, 0.05) is 6.54 Å². The van der Waals surface area contributed by atoms with Crippen LogP contribution in [0.3, 0.4) is 0 Å². The molecule has 0 aliphatic heterocycles. The molecule has 1 atom stereocenters. The molecule has 0 aliphatic rings. The minimum atomic E-state index is -0.749. The SMILES string of the molecule is CCc1noc(C)c1NC(=O)NCC(O)c1ccccc1C. The van der Waals surface area contributed by atoms with Crippen molar-refractivity contribution < 1.29 is 14.4 Å². The van der Waals surface area contributed by atoms with E-state index in [4.69, 9.17) is 4.52 Å². The quantitative estimate of drug-likeness (QED) is 0.792. The van der Waals surface area contributed by atoms with Gasteiger partial charge in [-0.3, -0.25) is 0 Å². The van der Waals surface area contributed by atoms with Crippen LogP contribution in [0.25, 0.3) is 0 Å². The molecule has 6 heteroatoms. The van der Waals surface area contributed by atoms with Crippen LogP contribution < -0.4 is 10.6 Å². The first-order valence-corrected chi connectivity index (χ1v) is 7.26. The summed E-state index contributed by atoms with van der Waals surface area (Å²) in [6, 6.07) is 7.14. The van der Waals surface area contributed by atoms with Gasteiger partial charge in [-0.1, -0.05) is 36.3 Å². The molecule has 1 aromatic carbocycles. The van der Waals surface area contributed by atoms with Gasteiger partial charge in [0.25, 0.3) is 0 Å². The van der Waals surface area contributed by atoms with E-state index in [0.717, 1.165) is 11.1 Å². The molecule has 0 bridgehead atoms. The van der Waals surface area contributed by atoms with Crippen molar-refractivity contribution in [3.8, 4) is 0 Å². The normalized spacial score (nSPS) is 12.0. The van der Waals surface area contributed by atoms with E-state index in [-0.39, 0.29) is 6.54 Å². The minimum Gasteiger partial charge on any atom is -0.387 e. The largest absolute Gasteiger partial charge is 0.387 e. The topological polar surface area (TPSA) is 87.4 Å². The average molecular weight is 303 g/mol. The highest BCUT2D eigenvalue weighted by atomic mass is 16.5. The second-order valence-electron chi connectivity index (χ2n) is 5.12. The maximum absolute atomic E-state index is 11.9. The first-order chi connectivity index (χ1) is 10.5. The lowest BCUT2D eigenvalue weighted by molar-refractivity contribution is 0.174. The third kappa shape index (κ3) is 3.65. The van der Waals surface area contributed by atoms with Crippen LogP contribution in [-0.2, 0) is 6.42 Å². The van der Waals surface area contributed by atoms with Gasteiger partial charge in [0.2, 0.25) is 0 Å². The molecule has 0 fully saturated rings. The highest BCUT2D eigenvalue weighted by molar-refractivity contribution is 5.90. The van der Waals surface area contributed by atoms with Gasteiger partial charge in [0.1, 0.15) is 11.4 Å². The number of rotatable bonds is 5. The Labute approximate surface area is 129 Å². The maximum Gasteiger partial charge on any atom is 0.319 e. The monoisotopic (exact) mass is 303 g/mol. The van der Waals surface area contributed by atoms with Crippen LogP contribution in [0.2, 0.25) is 0 Å². The molecule has 1 heterocycles. The van der Waals surface area contributed by atoms with E-state index in [0.29, 0.717) is 23.6 Å². The van der Waals surface area contributed by atoms with Gasteiger partial charge in [-0.05, 0) is 31.4 Å². The van der Waals surface area contributed by atoms with Crippen molar-refractivity contribution in [1.29, 1.82) is 0 Å². The summed E-state index contributed by atoms with van der Waals surface area (Å²) in [5.74, 6) is 0.562. The molecule has 2 aromatic rings. The fraction of sp³-hybridized carbons (Fsp3) is 0.375. The average Bonchev–Trinajstić information content (AvgIpc) is 2.86. The number of nitrogens with one attached hydrogen (secondary N) is 2. The van der Waals surface area contributed by atoms with Crippen molar-refractivity contribution in [2.75, 3.05) is 11.9 Å². The number of urea groups is 1. The molecular formula is C16H21N3O3. The lowest BCUT2D eigenvalue weighted by atomic mass is 10.0. The van der Waals surface area contributed by atoms with Crippen molar-refractivity contribution in [2.45, 2.75) is 33.3 Å². The van der Waals surface area contributed by atoms with Gasteiger partial charge < -0.3 is 20.3 Å². The van der Waals surface area contributed by atoms with Crippen LogP contribution in [0, 0.1) is 13.8 Å². The summed E-state index contributed by atoms with van der Waals surface area (Å²) in [4.78, 5) is 11.9. The molecule has 2 amide bonds. The van der Waals surface area contributed by atoms with Crippen LogP contribution in [0.15, 0.2) is 28.8 Å². The minimum absolute atomic E-state index is 0.127. The zero-order valence-corrected chi connectivity index (χ0v) is 13.0. The molecule has 6 nitrogen and oxygen atoms in total. The first kappa shape index (κ1) is 16.0. The molecular weight excluding hydrogens is 282 g/mol. The zero-order chi connectivity index (χ0) is 16.1. The molecule has 0 aliphatic carbocycles. The van der Waals surface area contributed by atoms with Crippen LogP contribution >= 0.6 is 0 Å². The lowest BCUT2D eigenvalue weighted by Crippen LogP contribution is -2.32. The van der Waals surface area contributed by atoms with E-state index in [1.807, 2.05) is 38.1 Å². The third-order valence-electron chi connectivity index (χ3n) is 3.51. The summed E-state index contributed by atoms with van der Waals surface area (Å²) < 4.78 is 5.06.